The summed E-state index contributed by atoms with van der Waals surface area (Å²) in [5.74, 6) is 2.02. The number of rotatable bonds is 6. The Hall–Kier alpha value is -0.0400. The molecule has 0 aliphatic carbocycles. The fraction of sp³-hybridized carbons (Fsp3) is 0.923. The molecule has 0 aromatic carbocycles. The van der Waals surface area contributed by atoms with Gasteiger partial charge in [0.2, 0.25) is 0 Å². The van der Waals surface area contributed by atoms with Crippen LogP contribution >= 0.6 is 24.0 Å². The molecule has 18 heavy (non-hydrogen) atoms. The molecule has 1 aliphatic heterocycles. The van der Waals surface area contributed by atoms with Gasteiger partial charge in [-0.1, -0.05) is 20.8 Å². The molecule has 1 heterocycles. The molecule has 0 aromatic rings. The van der Waals surface area contributed by atoms with E-state index in [9.17, 15) is 0 Å². The van der Waals surface area contributed by atoms with Crippen LogP contribution in [0.4, 0.5) is 0 Å². The molecule has 4 nitrogen and oxygen atoms in total. The van der Waals surface area contributed by atoms with Gasteiger partial charge < -0.3 is 16.0 Å². The van der Waals surface area contributed by atoms with Gasteiger partial charge in [-0.25, -0.2) is 0 Å². The highest BCUT2D eigenvalue weighted by Gasteiger charge is 2.20. The van der Waals surface area contributed by atoms with Crippen LogP contribution in [0.2, 0.25) is 0 Å². The Kier molecular flexibility index (Phi) is 9.81. The fourth-order valence-electron chi connectivity index (χ4n) is 2.12. The maximum atomic E-state index is 5.83. The maximum Gasteiger partial charge on any atom is 0.188 e. The van der Waals surface area contributed by atoms with E-state index in [-0.39, 0.29) is 24.0 Å². The zero-order chi connectivity index (χ0) is 12.7. The van der Waals surface area contributed by atoms with Crippen molar-refractivity contribution in [3.8, 4) is 0 Å². The van der Waals surface area contributed by atoms with Gasteiger partial charge in [-0.15, -0.1) is 24.0 Å². The molecule has 108 valence electrons. The lowest BCUT2D eigenvalue weighted by molar-refractivity contribution is 0.343. The van der Waals surface area contributed by atoms with Crippen molar-refractivity contribution in [1.29, 1.82) is 0 Å². The van der Waals surface area contributed by atoms with Gasteiger partial charge in [0, 0.05) is 19.6 Å². The molecule has 0 bridgehead atoms. The quantitative estimate of drug-likeness (QED) is 0.428. The minimum atomic E-state index is 0. The average Bonchev–Trinajstić information content (AvgIpc) is 2.73. The minimum absolute atomic E-state index is 0. The largest absolute Gasteiger partial charge is 0.370 e. The van der Waals surface area contributed by atoms with Crippen LogP contribution < -0.4 is 11.1 Å². The predicted molar refractivity (Wildman–Crippen MR) is 89.6 cm³/mol. The highest BCUT2D eigenvalue weighted by atomic mass is 127. The Labute approximate surface area is 129 Å². The van der Waals surface area contributed by atoms with Crippen molar-refractivity contribution < 1.29 is 0 Å². The number of nitrogens with one attached hydrogen (secondary N) is 1. The Morgan fingerprint density at radius 2 is 2.22 bits per heavy atom. The third-order valence-electron chi connectivity index (χ3n) is 3.36. The molecular formula is C13H29IN4. The number of guanidine groups is 1. The average molecular weight is 368 g/mol. The summed E-state index contributed by atoms with van der Waals surface area (Å²) in [5, 5.41) is 3.18. The van der Waals surface area contributed by atoms with Crippen LogP contribution in [0, 0.1) is 11.8 Å². The normalized spacial score (nSPS) is 21.1. The van der Waals surface area contributed by atoms with E-state index in [1.165, 1.54) is 19.5 Å². The Morgan fingerprint density at radius 1 is 1.50 bits per heavy atom. The zero-order valence-corrected chi connectivity index (χ0v) is 14.3. The van der Waals surface area contributed by atoms with Gasteiger partial charge in [-0.05, 0) is 37.8 Å². The molecule has 0 amide bonds. The predicted octanol–water partition coefficient (Wildman–Crippen LogP) is 1.90. The van der Waals surface area contributed by atoms with Crippen LogP contribution in [0.25, 0.3) is 0 Å². The molecule has 0 radical (unpaired) electrons. The maximum absolute atomic E-state index is 5.83. The second-order valence-corrected chi connectivity index (χ2v) is 5.38. The molecule has 3 N–H and O–H groups in total. The van der Waals surface area contributed by atoms with Crippen LogP contribution in [0.3, 0.4) is 0 Å². The summed E-state index contributed by atoms with van der Waals surface area (Å²) in [7, 11) is 0. The van der Waals surface area contributed by atoms with Crippen molar-refractivity contribution in [3.05, 3.63) is 0 Å². The van der Waals surface area contributed by atoms with Crippen molar-refractivity contribution in [3.63, 3.8) is 0 Å². The van der Waals surface area contributed by atoms with Crippen LogP contribution in [0.1, 0.15) is 33.6 Å². The summed E-state index contributed by atoms with van der Waals surface area (Å²) in [6.07, 6.45) is 2.40. The number of aliphatic imine (C=N–C) groups is 1. The number of hydrogen-bond acceptors (Lipinski definition) is 2. The lowest BCUT2D eigenvalue weighted by Crippen LogP contribution is -2.33. The molecule has 0 aromatic heterocycles. The SMILES string of the molecule is CCN1CCC(CN=C(N)NCCC(C)C)C1.I. The van der Waals surface area contributed by atoms with Crippen molar-refractivity contribution in [2.75, 3.05) is 32.7 Å². The van der Waals surface area contributed by atoms with E-state index in [1.54, 1.807) is 0 Å². The van der Waals surface area contributed by atoms with Crippen molar-refractivity contribution in [1.82, 2.24) is 10.2 Å². The summed E-state index contributed by atoms with van der Waals surface area (Å²) in [5.41, 5.74) is 5.83. The molecule has 1 atom stereocenters. The van der Waals surface area contributed by atoms with E-state index in [2.05, 4.69) is 36.0 Å². The van der Waals surface area contributed by atoms with Crippen molar-refractivity contribution in [2.45, 2.75) is 33.6 Å². The first-order chi connectivity index (χ1) is 8.11. The molecule has 1 saturated heterocycles. The van der Waals surface area contributed by atoms with E-state index in [4.69, 9.17) is 5.73 Å². The molecule has 1 rings (SSSR count). The van der Waals surface area contributed by atoms with Gasteiger partial charge in [-0.3, -0.25) is 4.99 Å². The topological polar surface area (TPSA) is 53.6 Å². The molecule has 0 spiro atoms. The first kappa shape index (κ1) is 18.0. The monoisotopic (exact) mass is 368 g/mol. The van der Waals surface area contributed by atoms with E-state index >= 15 is 0 Å². The van der Waals surface area contributed by atoms with Gasteiger partial charge in [0.05, 0.1) is 0 Å². The van der Waals surface area contributed by atoms with Crippen molar-refractivity contribution >= 4 is 29.9 Å². The number of nitrogens with zero attached hydrogens (tertiary/aromatic N) is 2. The number of likely N-dealkylation sites (tertiary alicyclic amines) is 1. The Balaban J connectivity index is 0.00000289. The molecular weight excluding hydrogens is 339 g/mol. The third-order valence-corrected chi connectivity index (χ3v) is 3.36. The second-order valence-electron chi connectivity index (χ2n) is 5.38. The molecule has 1 fully saturated rings. The van der Waals surface area contributed by atoms with Crippen LogP contribution in [0.15, 0.2) is 4.99 Å². The van der Waals surface area contributed by atoms with Gasteiger partial charge >= 0.3 is 0 Å². The highest BCUT2D eigenvalue weighted by molar-refractivity contribution is 14.0. The summed E-state index contributed by atoms with van der Waals surface area (Å²) in [6.45, 7) is 12.0. The summed E-state index contributed by atoms with van der Waals surface area (Å²) in [6, 6.07) is 0. The van der Waals surface area contributed by atoms with Gasteiger partial charge in [-0.2, -0.15) is 0 Å². The third kappa shape index (κ3) is 7.41. The minimum Gasteiger partial charge on any atom is -0.370 e. The summed E-state index contributed by atoms with van der Waals surface area (Å²) in [4.78, 5) is 6.90. The molecule has 0 saturated carbocycles. The van der Waals surface area contributed by atoms with E-state index in [0.29, 0.717) is 17.8 Å². The van der Waals surface area contributed by atoms with E-state index < -0.39 is 0 Å². The lowest BCUT2D eigenvalue weighted by atomic mass is 10.1. The number of hydrogen-bond donors (Lipinski definition) is 2. The zero-order valence-electron chi connectivity index (χ0n) is 12.0. The molecule has 1 unspecified atom stereocenters. The first-order valence-electron chi connectivity index (χ1n) is 6.88. The van der Waals surface area contributed by atoms with Crippen LogP contribution in [-0.4, -0.2) is 43.6 Å². The number of halogens is 1. The van der Waals surface area contributed by atoms with E-state index in [0.717, 1.165) is 26.1 Å². The van der Waals surface area contributed by atoms with Crippen LogP contribution in [-0.2, 0) is 0 Å². The smallest absolute Gasteiger partial charge is 0.188 e. The lowest BCUT2D eigenvalue weighted by Gasteiger charge is -2.12. The van der Waals surface area contributed by atoms with Gasteiger partial charge in [0.1, 0.15) is 0 Å². The van der Waals surface area contributed by atoms with Gasteiger partial charge in [0.25, 0.3) is 0 Å². The first-order valence-corrected chi connectivity index (χ1v) is 6.88. The summed E-state index contributed by atoms with van der Waals surface area (Å²) < 4.78 is 0. The Bertz CT molecular complexity index is 243. The Morgan fingerprint density at radius 3 is 2.78 bits per heavy atom. The summed E-state index contributed by atoms with van der Waals surface area (Å²) >= 11 is 0. The standard InChI is InChI=1S/C13H28N4.HI/c1-4-17-8-6-12(10-17)9-16-13(14)15-7-5-11(2)3;/h11-12H,4-10H2,1-3H3,(H3,14,15,16);1H. The molecule has 1 aliphatic rings. The van der Waals surface area contributed by atoms with Gasteiger partial charge in [0.15, 0.2) is 5.96 Å². The number of nitrogens with two attached hydrogens (primary N) is 1. The molecule has 5 heteroatoms. The van der Waals surface area contributed by atoms with E-state index in [1.807, 2.05) is 0 Å². The fourth-order valence-corrected chi connectivity index (χ4v) is 2.12. The van der Waals surface area contributed by atoms with Crippen LogP contribution in [0.5, 0.6) is 0 Å². The second kappa shape index (κ2) is 9.83. The highest BCUT2D eigenvalue weighted by Crippen LogP contribution is 2.15. The van der Waals surface area contributed by atoms with Crippen molar-refractivity contribution in [2.24, 2.45) is 22.6 Å².